The smallest absolute Gasteiger partial charge is 0.270 e. The zero-order chi connectivity index (χ0) is 14.9. The lowest BCUT2D eigenvalue weighted by atomic mass is 10.1. The highest BCUT2D eigenvalue weighted by Gasteiger charge is 2.18. The molecule has 1 N–H and O–H groups in total. The van der Waals surface area contributed by atoms with E-state index < -0.39 is 0 Å². The third kappa shape index (κ3) is 3.07. The van der Waals surface area contributed by atoms with E-state index in [4.69, 9.17) is 23.2 Å². The van der Waals surface area contributed by atoms with E-state index in [1.165, 1.54) is 0 Å². The maximum Gasteiger partial charge on any atom is 0.270 e. The molecule has 108 valence electrons. The van der Waals surface area contributed by atoms with Gasteiger partial charge in [-0.05, 0) is 25.3 Å². The largest absolute Gasteiger partial charge is 0.351 e. The van der Waals surface area contributed by atoms with Gasteiger partial charge in [-0.1, -0.05) is 37.0 Å². The van der Waals surface area contributed by atoms with Gasteiger partial charge < -0.3 is 5.32 Å². The first-order valence-electron chi connectivity index (χ1n) is 6.52. The number of aryl methyl sites for hydroxylation is 1. The number of carbonyl (C=O) groups is 1. The lowest BCUT2D eigenvalue weighted by Gasteiger charge is -2.08. The van der Waals surface area contributed by atoms with Crippen molar-refractivity contribution in [3.63, 3.8) is 0 Å². The van der Waals surface area contributed by atoms with E-state index in [-0.39, 0.29) is 5.91 Å². The van der Waals surface area contributed by atoms with Crippen LogP contribution in [0.5, 0.6) is 0 Å². The molecule has 0 aliphatic heterocycles. The van der Waals surface area contributed by atoms with Gasteiger partial charge >= 0.3 is 0 Å². The van der Waals surface area contributed by atoms with E-state index in [0.717, 1.165) is 6.42 Å². The van der Waals surface area contributed by atoms with E-state index in [9.17, 15) is 4.79 Å². The van der Waals surface area contributed by atoms with Crippen LogP contribution in [0.3, 0.4) is 0 Å². The predicted octanol–water partition coefficient (Wildman–Crippen LogP) is 3.73. The van der Waals surface area contributed by atoms with Gasteiger partial charge in [0.2, 0.25) is 0 Å². The molecule has 1 amide bonds. The summed E-state index contributed by atoms with van der Waals surface area (Å²) >= 11 is 12.1. The summed E-state index contributed by atoms with van der Waals surface area (Å²) in [5.41, 5.74) is 1.66. The summed E-state index contributed by atoms with van der Waals surface area (Å²) in [6, 6.07) is 1.62. The van der Waals surface area contributed by atoms with Crippen LogP contribution < -0.4 is 5.32 Å². The number of carbonyl (C=O) groups excluding carboxylic acids is 1. The number of imidazole rings is 1. The molecule has 0 aliphatic carbocycles. The fourth-order valence-electron chi connectivity index (χ4n) is 2.02. The molecule has 4 nitrogen and oxygen atoms in total. The maximum absolute atomic E-state index is 12.3. The van der Waals surface area contributed by atoms with Crippen LogP contribution in [0.25, 0.3) is 5.65 Å². The van der Waals surface area contributed by atoms with Crippen LogP contribution in [-0.4, -0.2) is 21.8 Å². The molecule has 6 heteroatoms. The fraction of sp³-hybridized carbons (Fsp3) is 0.429. The highest BCUT2D eigenvalue weighted by Crippen LogP contribution is 2.24. The van der Waals surface area contributed by atoms with Crippen molar-refractivity contribution in [3.8, 4) is 0 Å². The monoisotopic (exact) mass is 313 g/mol. The number of amides is 1. The number of nitrogens with zero attached hydrogens (tertiary/aromatic N) is 2. The predicted molar refractivity (Wildman–Crippen MR) is 81.7 cm³/mol. The summed E-state index contributed by atoms with van der Waals surface area (Å²) in [6.07, 6.45) is 2.59. The molecule has 0 unspecified atom stereocenters. The number of rotatable bonds is 4. The normalized spacial score (nSPS) is 11.3. The van der Waals surface area contributed by atoms with Gasteiger partial charge in [0.05, 0.1) is 15.7 Å². The molecule has 0 aromatic carbocycles. The second-order valence-corrected chi connectivity index (χ2v) is 6.03. The molecule has 0 aliphatic rings. The maximum atomic E-state index is 12.3. The minimum atomic E-state index is -0.158. The van der Waals surface area contributed by atoms with Crippen molar-refractivity contribution in [3.05, 3.63) is 33.7 Å². The molecular weight excluding hydrogens is 297 g/mol. The standard InChI is InChI=1S/C14H17Cl2N3O/c1-8(2)4-5-17-14(20)12-9(3)18-13-11(16)6-10(15)7-19(12)13/h6-8H,4-5H2,1-3H3,(H,17,20). The molecule has 2 aromatic heterocycles. The first kappa shape index (κ1) is 15.1. The molecule has 0 saturated carbocycles. The average Bonchev–Trinajstić information content (AvgIpc) is 2.65. The number of fused-ring (bicyclic) bond motifs is 1. The van der Waals surface area contributed by atoms with Crippen LogP contribution >= 0.6 is 23.2 Å². The van der Waals surface area contributed by atoms with Crippen molar-refractivity contribution in [2.45, 2.75) is 27.2 Å². The van der Waals surface area contributed by atoms with Gasteiger partial charge in [-0.25, -0.2) is 4.98 Å². The Morgan fingerprint density at radius 1 is 1.45 bits per heavy atom. The Balaban J connectivity index is 2.34. The number of hydrogen-bond donors (Lipinski definition) is 1. The number of pyridine rings is 1. The zero-order valence-corrected chi connectivity index (χ0v) is 13.2. The number of halogens is 2. The summed E-state index contributed by atoms with van der Waals surface area (Å²) in [5.74, 6) is 0.386. The Morgan fingerprint density at radius 3 is 2.80 bits per heavy atom. The van der Waals surface area contributed by atoms with Crippen LogP contribution in [0.1, 0.15) is 36.5 Å². The van der Waals surface area contributed by atoms with E-state index in [0.29, 0.717) is 39.5 Å². The van der Waals surface area contributed by atoms with Crippen molar-refractivity contribution in [1.82, 2.24) is 14.7 Å². The Kier molecular flexibility index (Phi) is 4.55. The van der Waals surface area contributed by atoms with E-state index in [1.54, 1.807) is 23.6 Å². The zero-order valence-electron chi connectivity index (χ0n) is 11.7. The molecular formula is C14H17Cl2N3O. The fourth-order valence-corrected chi connectivity index (χ4v) is 2.53. The quantitative estimate of drug-likeness (QED) is 0.935. The SMILES string of the molecule is Cc1nc2c(Cl)cc(Cl)cn2c1C(=O)NCCC(C)C. The Hall–Kier alpha value is -1.26. The molecule has 0 radical (unpaired) electrons. The lowest BCUT2D eigenvalue weighted by molar-refractivity contribution is 0.0945. The summed E-state index contributed by atoms with van der Waals surface area (Å²) in [6.45, 7) is 6.66. The van der Waals surface area contributed by atoms with Crippen molar-refractivity contribution in [1.29, 1.82) is 0 Å². The van der Waals surface area contributed by atoms with Gasteiger partial charge in [0.25, 0.3) is 5.91 Å². The van der Waals surface area contributed by atoms with Gasteiger partial charge in [0.1, 0.15) is 5.69 Å². The molecule has 0 atom stereocenters. The van der Waals surface area contributed by atoms with Gasteiger partial charge in [-0.15, -0.1) is 0 Å². The van der Waals surface area contributed by atoms with Crippen molar-refractivity contribution >= 4 is 34.8 Å². The molecule has 0 fully saturated rings. The number of aromatic nitrogens is 2. The molecule has 0 spiro atoms. The van der Waals surface area contributed by atoms with Crippen LogP contribution in [0.2, 0.25) is 10.0 Å². The third-order valence-corrected chi connectivity index (χ3v) is 3.52. The first-order chi connectivity index (χ1) is 9.40. The highest BCUT2D eigenvalue weighted by molar-refractivity contribution is 6.36. The molecule has 2 heterocycles. The van der Waals surface area contributed by atoms with Crippen LogP contribution in [-0.2, 0) is 0 Å². The van der Waals surface area contributed by atoms with Gasteiger partial charge in [-0.2, -0.15) is 0 Å². The van der Waals surface area contributed by atoms with Crippen molar-refractivity contribution < 1.29 is 4.79 Å². The van der Waals surface area contributed by atoms with Gasteiger partial charge in [0.15, 0.2) is 5.65 Å². The number of nitrogens with one attached hydrogen (secondary N) is 1. The summed E-state index contributed by atoms with van der Waals surface area (Å²) in [7, 11) is 0. The van der Waals surface area contributed by atoms with Crippen LogP contribution in [0.4, 0.5) is 0 Å². The Morgan fingerprint density at radius 2 is 2.15 bits per heavy atom. The van der Waals surface area contributed by atoms with Crippen molar-refractivity contribution in [2.75, 3.05) is 6.54 Å². The minimum absolute atomic E-state index is 0.158. The average molecular weight is 314 g/mol. The van der Waals surface area contributed by atoms with E-state index in [1.807, 2.05) is 0 Å². The molecule has 0 bridgehead atoms. The molecule has 2 rings (SSSR count). The summed E-state index contributed by atoms with van der Waals surface area (Å²) in [5, 5.41) is 3.80. The summed E-state index contributed by atoms with van der Waals surface area (Å²) in [4.78, 5) is 16.6. The van der Waals surface area contributed by atoms with Gasteiger partial charge in [0, 0.05) is 12.7 Å². The van der Waals surface area contributed by atoms with Crippen molar-refractivity contribution in [2.24, 2.45) is 5.92 Å². The van der Waals surface area contributed by atoms with Crippen LogP contribution in [0.15, 0.2) is 12.3 Å². The van der Waals surface area contributed by atoms with E-state index >= 15 is 0 Å². The number of hydrogen-bond acceptors (Lipinski definition) is 2. The molecule has 20 heavy (non-hydrogen) atoms. The molecule has 0 saturated heterocycles. The molecule has 2 aromatic rings. The second kappa shape index (κ2) is 6.02. The first-order valence-corrected chi connectivity index (χ1v) is 7.27. The third-order valence-electron chi connectivity index (χ3n) is 3.04. The summed E-state index contributed by atoms with van der Waals surface area (Å²) < 4.78 is 1.64. The van der Waals surface area contributed by atoms with Crippen LogP contribution in [0, 0.1) is 12.8 Å². The van der Waals surface area contributed by atoms with Gasteiger partial charge in [-0.3, -0.25) is 9.20 Å². The topological polar surface area (TPSA) is 46.4 Å². The lowest BCUT2D eigenvalue weighted by Crippen LogP contribution is -2.27. The Bertz CT molecular complexity index is 649. The second-order valence-electron chi connectivity index (χ2n) is 5.18. The minimum Gasteiger partial charge on any atom is -0.351 e. The van der Waals surface area contributed by atoms with E-state index in [2.05, 4.69) is 24.1 Å². The highest BCUT2D eigenvalue weighted by atomic mass is 35.5. The Labute approximate surface area is 128 Å².